The number of nitrogens with one attached hydrogen (secondary N) is 1. The van der Waals surface area contributed by atoms with Gasteiger partial charge in [0.05, 0.1) is 5.69 Å². The summed E-state index contributed by atoms with van der Waals surface area (Å²) >= 11 is 5.56. The number of aromatic amines is 1. The first-order valence-corrected chi connectivity index (χ1v) is 7.72. The Balaban J connectivity index is 2.12. The molecule has 104 valence electrons. The Morgan fingerprint density at radius 1 is 1.42 bits per heavy atom. The standard InChI is InChI=1S/C14H22N4S/c1-4-10(8-9-6-7-9)18-13-12(15-14(18)19)11(5-2)16-17(13)3/h9-10H,4-8H2,1-3H3,(H,15,19). The molecule has 1 unspecified atom stereocenters. The van der Waals surface area contributed by atoms with E-state index in [9.17, 15) is 0 Å². The number of fused-ring (bicyclic) bond motifs is 1. The maximum absolute atomic E-state index is 5.56. The van der Waals surface area contributed by atoms with Gasteiger partial charge in [0, 0.05) is 13.1 Å². The molecule has 19 heavy (non-hydrogen) atoms. The van der Waals surface area contributed by atoms with Crippen LogP contribution in [-0.2, 0) is 13.5 Å². The second-order valence-corrected chi connectivity index (χ2v) is 6.05. The van der Waals surface area contributed by atoms with Crippen LogP contribution in [0.4, 0.5) is 0 Å². The molecule has 1 N–H and O–H groups in total. The number of hydrogen-bond donors (Lipinski definition) is 1. The summed E-state index contributed by atoms with van der Waals surface area (Å²) in [7, 11) is 2.02. The number of rotatable bonds is 5. The van der Waals surface area contributed by atoms with Crippen molar-refractivity contribution in [2.24, 2.45) is 13.0 Å². The minimum Gasteiger partial charge on any atom is -0.328 e. The highest BCUT2D eigenvalue weighted by molar-refractivity contribution is 7.71. The first kappa shape index (κ1) is 12.9. The van der Waals surface area contributed by atoms with E-state index in [1.54, 1.807) is 0 Å². The zero-order chi connectivity index (χ0) is 13.6. The lowest BCUT2D eigenvalue weighted by atomic mass is 10.1. The second-order valence-electron chi connectivity index (χ2n) is 5.66. The third-order valence-electron chi connectivity index (χ3n) is 4.24. The molecule has 1 aliphatic carbocycles. The van der Waals surface area contributed by atoms with Crippen molar-refractivity contribution >= 4 is 23.4 Å². The van der Waals surface area contributed by atoms with Crippen molar-refractivity contribution in [2.75, 3.05) is 0 Å². The van der Waals surface area contributed by atoms with Crippen molar-refractivity contribution in [2.45, 2.75) is 52.0 Å². The summed E-state index contributed by atoms with van der Waals surface area (Å²) in [4.78, 5) is 3.37. The summed E-state index contributed by atoms with van der Waals surface area (Å²) in [5, 5.41) is 4.60. The van der Waals surface area contributed by atoms with E-state index in [1.165, 1.54) is 19.3 Å². The number of aryl methyl sites for hydroxylation is 2. The van der Waals surface area contributed by atoms with Crippen molar-refractivity contribution in [1.82, 2.24) is 19.3 Å². The third kappa shape index (κ3) is 2.14. The van der Waals surface area contributed by atoms with Gasteiger partial charge in [-0.25, -0.2) is 0 Å². The van der Waals surface area contributed by atoms with E-state index in [0.717, 1.165) is 40.4 Å². The van der Waals surface area contributed by atoms with E-state index >= 15 is 0 Å². The summed E-state index contributed by atoms with van der Waals surface area (Å²) in [5.74, 6) is 0.913. The molecule has 0 bridgehead atoms. The first-order chi connectivity index (χ1) is 9.15. The lowest BCUT2D eigenvalue weighted by Crippen LogP contribution is -2.11. The number of H-pyrrole nitrogens is 1. The van der Waals surface area contributed by atoms with Crippen LogP contribution in [-0.4, -0.2) is 19.3 Å². The average molecular weight is 278 g/mol. The molecular formula is C14H22N4S. The quantitative estimate of drug-likeness (QED) is 0.846. The molecule has 3 rings (SSSR count). The van der Waals surface area contributed by atoms with Crippen LogP contribution in [0, 0.1) is 10.7 Å². The van der Waals surface area contributed by atoms with Gasteiger partial charge >= 0.3 is 0 Å². The van der Waals surface area contributed by atoms with Gasteiger partial charge in [0.2, 0.25) is 0 Å². The normalized spacial score (nSPS) is 17.2. The molecule has 2 aromatic heterocycles. The van der Waals surface area contributed by atoms with Gasteiger partial charge in [-0.15, -0.1) is 0 Å². The van der Waals surface area contributed by atoms with Crippen LogP contribution in [0.3, 0.4) is 0 Å². The lowest BCUT2D eigenvalue weighted by molar-refractivity contribution is 0.428. The molecule has 5 heteroatoms. The molecule has 1 atom stereocenters. The van der Waals surface area contributed by atoms with Crippen LogP contribution < -0.4 is 0 Å². The number of hydrogen-bond acceptors (Lipinski definition) is 2. The Morgan fingerprint density at radius 2 is 2.16 bits per heavy atom. The van der Waals surface area contributed by atoms with E-state index in [0.29, 0.717) is 6.04 Å². The van der Waals surface area contributed by atoms with Crippen LogP contribution >= 0.6 is 12.2 Å². The number of nitrogens with zero attached hydrogens (tertiary/aromatic N) is 3. The minimum atomic E-state index is 0.508. The monoisotopic (exact) mass is 278 g/mol. The number of aromatic nitrogens is 4. The van der Waals surface area contributed by atoms with Crippen LogP contribution in [0.1, 0.15) is 51.3 Å². The predicted molar refractivity (Wildman–Crippen MR) is 79.9 cm³/mol. The van der Waals surface area contributed by atoms with E-state index in [2.05, 4.69) is 28.5 Å². The Labute approximate surface area is 118 Å². The van der Waals surface area contributed by atoms with Crippen molar-refractivity contribution in [3.05, 3.63) is 10.5 Å². The average Bonchev–Trinajstić information content (AvgIpc) is 3.08. The van der Waals surface area contributed by atoms with Crippen molar-refractivity contribution in [3.63, 3.8) is 0 Å². The Hall–Kier alpha value is -1.10. The summed E-state index contributed by atoms with van der Waals surface area (Å²) in [6, 6.07) is 0.508. The molecule has 1 saturated carbocycles. The van der Waals surface area contributed by atoms with Crippen molar-refractivity contribution in [1.29, 1.82) is 0 Å². The molecule has 4 nitrogen and oxygen atoms in total. The van der Waals surface area contributed by atoms with Gasteiger partial charge in [-0.3, -0.25) is 9.25 Å². The smallest absolute Gasteiger partial charge is 0.179 e. The molecule has 0 spiro atoms. The molecule has 0 aliphatic heterocycles. The van der Waals surface area contributed by atoms with Gasteiger partial charge in [-0.1, -0.05) is 26.7 Å². The van der Waals surface area contributed by atoms with E-state index in [1.807, 2.05) is 11.7 Å². The molecule has 0 aromatic carbocycles. The topological polar surface area (TPSA) is 38.5 Å². The zero-order valence-electron chi connectivity index (χ0n) is 11.9. The fraction of sp³-hybridized carbons (Fsp3) is 0.714. The lowest BCUT2D eigenvalue weighted by Gasteiger charge is -2.17. The van der Waals surface area contributed by atoms with E-state index in [4.69, 9.17) is 12.2 Å². The van der Waals surface area contributed by atoms with E-state index < -0.39 is 0 Å². The number of imidazole rings is 1. The van der Waals surface area contributed by atoms with Gasteiger partial charge in [0.25, 0.3) is 0 Å². The summed E-state index contributed by atoms with van der Waals surface area (Å²) in [6.07, 6.45) is 6.10. The van der Waals surface area contributed by atoms with Crippen LogP contribution in [0.15, 0.2) is 0 Å². The fourth-order valence-electron chi connectivity index (χ4n) is 3.02. The second kappa shape index (κ2) is 4.78. The molecule has 2 aromatic rings. The molecule has 0 saturated heterocycles. The third-order valence-corrected chi connectivity index (χ3v) is 4.54. The van der Waals surface area contributed by atoms with Gasteiger partial charge < -0.3 is 4.98 Å². The molecule has 1 aliphatic rings. The van der Waals surface area contributed by atoms with Gasteiger partial charge in [-0.2, -0.15) is 5.10 Å². The molecule has 2 heterocycles. The maximum atomic E-state index is 5.56. The predicted octanol–water partition coefficient (Wildman–Crippen LogP) is 3.75. The van der Waals surface area contributed by atoms with Gasteiger partial charge in [0.15, 0.2) is 10.4 Å². The molecule has 0 radical (unpaired) electrons. The van der Waals surface area contributed by atoms with E-state index in [-0.39, 0.29) is 0 Å². The largest absolute Gasteiger partial charge is 0.328 e. The Kier molecular flexibility index (Phi) is 3.25. The van der Waals surface area contributed by atoms with Crippen LogP contribution in [0.2, 0.25) is 0 Å². The van der Waals surface area contributed by atoms with Gasteiger partial charge in [0.1, 0.15) is 5.52 Å². The fourth-order valence-corrected chi connectivity index (χ4v) is 3.35. The highest BCUT2D eigenvalue weighted by Crippen LogP contribution is 2.39. The molecule has 1 fully saturated rings. The van der Waals surface area contributed by atoms with Crippen LogP contribution in [0.25, 0.3) is 11.2 Å². The van der Waals surface area contributed by atoms with Crippen LogP contribution in [0.5, 0.6) is 0 Å². The molecular weight excluding hydrogens is 256 g/mol. The SMILES string of the molecule is CCc1nn(C)c2c1[nH]c(=S)n2C(CC)CC1CC1. The summed E-state index contributed by atoms with van der Waals surface area (Å²) in [5.41, 5.74) is 3.40. The molecule has 0 amide bonds. The zero-order valence-corrected chi connectivity index (χ0v) is 12.8. The Bertz CT molecular complexity index is 644. The Morgan fingerprint density at radius 3 is 2.74 bits per heavy atom. The van der Waals surface area contributed by atoms with Crippen molar-refractivity contribution < 1.29 is 0 Å². The highest BCUT2D eigenvalue weighted by Gasteiger charge is 2.27. The first-order valence-electron chi connectivity index (χ1n) is 7.31. The highest BCUT2D eigenvalue weighted by atomic mass is 32.1. The summed E-state index contributed by atoms with van der Waals surface area (Å²) in [6.45, 7) is 4.39. The maximum Gasteiger partial charge on any atom is 0.179 e. The summed E-state index contributed by atoms with van der Waals surface area (Å²) < 4.78 is 5.13. The minimum absolute atomic E-state index is 0.508. The van der Waals surface area contributed by atoms with Crippen molar-refractivity contribution in [3.8, 4) is 0 Å². The van der Waals surface area contributed by atoms with Gasteiger partial charge in [-0.05, 0) is 37.4 Å².